The summed E-state index contributed by atoms with van der Waals surface area (Å²) in [6.45, 7) is 2.08. The van der Waals surface area contributed by atoms with Gasteiger partial charge in [0.05, 0.1) is 17.5 Å². The summed E-state index contributed by atoms with van der Waals surface area (Å²) in [4.78, 5) is 46.9. The number of H-pyrrole nitrogens is 1. The molecule has 8 rings (SSSR count). The van der Waals surface area contributed by atoms with E-state index in [1.54, 1.807) is 21.7 Å². The molecule has 3 aliphatic rings. The molecule has 2 amide bonds. The Bertz CT molecular complexity index is 2040. The van der Waals surface area contributed by atoms with Crippen LogP contribution in [0.5, 0.6) is 11.5 Å². The molecule has 2 saturated heterocycles. The number of halogens is 1. The molecule has 2 N–H and O–H groups in total. The molecule has 3 aromatic carbocycles. The molecule has 0 spiro atoms. The van der Waals surface area contributed by atoms with Crippen molar-refractivity contribution in [1.29, 1.82) is 0 Å². The number of para-hydroxylation sites is 3. The predicted molar refractivity (Wildman–Crippen MR) is 165 cm³/mol. The van der Waals surface area contributed by atoms with Crippen molar-refractivity contribution in [3.05, 3.63) is 94.2 Å². The van der Waals surface area contributed by atoms with Crippen LogP contribution in [0, 0.1) is 5.82 Å². The maximum atomic E-state index is 16.1. The highest BCUT2D eigenvalue weighted by molar-refractivity contribution is 6.01. The Balaban J connectivity index is 1.13. The van der Waals surface area contributed by atoms with Gasteiger partial charge in [-0.15, -0.1) is 0 Å². The number of carbonyl (C=O) groups excluding carboxylic acids is 2. The van der Waals surface area contributed by atoms with E-state index in [0.717, 1.165) is 29.3 Å². The van der Waals surface area contributed by atoms with Gasteiger partial charge in [0.25, 0.3) is 5.91 Å². The number of benzene rings is 3. The quantitative estimate of drug-likeness (QED) is 0.298. The van der Waals surface area contributed by atoms with Crippen LogP contribution >= 0.6 is 0 Å². The molecule has 1 unspecified atom stereocenters. The van der Waals surface area contributed by atoms with Crippen molar-refractivity contribution in [2.24, 2.45) is 0 Å². The molecular weight excluding hydrogens is 561 g/mol. The van der Waals surface area contributed by atoms with Crippen LogP contribution in [0.2, 0.25) is 0 Å². The van der Waals surface area contributed by atoms with Crippen LogP contribution < -0.4 is 20.4 Å². The van der Waals surface area contributed by atoms with Gasteiger partial charge in [-0.05, 0) is 49.1 Å². The lowest BCUT2D eigenvalue weighted by Gasteiger charge is -2.29. The van der Waals surface area contributed by atoms with Crippen molar-refractivity contribution < 1.29 is 18.7 Å². The van der Waals surface area contributed by atoms with Crippen LogP contribution in [0.4, 0.5) is 10.1 Å². The third-order valence-electron chi connectivity index (χ3n) is 9.03. The largest absolute Gasteiger partial charge is 0.451 e. The molecule has 0 saturated carbocycles. The molecule has 5 aromatic rings. The van der Waals surface area contributed by atoms with Crippen LogP contribution in [0.1, 0.15) is 35.2 Å². The van der Waals surface area contributed by atoms with E-state index in [4.69, 9.17) is 4.74 Å². The molecule has 5 heterocycles. The predicted octanol–water partition coefficient (Wildman–Crippen LogP) is 4.89. The van der Waals surface area contributed by atoms with E-state index in [2.05, 4.69) is 10.3 Å². The summed E-state index contributed by atoms with van der Waals surface area (Å²) < 4.78 is 24.2. The molecule has 0 aliphatic carbocycles. The van der Waals surface area contributed by atoms with Gasteiger partial charge in [0.15, 0.2) is 17.3 Å². The summed E-state index contributed by atoms with van der Waals surface area (Å²) in [5, 5.41) is 4.23. The van der Waals surface area contributed by atoms with Gasteiger partial charge in [-0.1, -0.05) is 30.3 Å². The molecule has 9 nitrogen and oxygen atoms in total. The van der Waals surface area contributed by atoms with Crippen molar-refractivity contribution in [3.8, 4) is 17.2 Å². The van der Waals surface area contributed by atoms with Crippen LogP contribution in [0.3, 0.4) is 0 Å². The number of amides is 2. The lowest BCUT2D eigenvalue weighted by molar-refractivity contribution is -0.121. The Morgan fingerprint density at radius 3 is 2.68 bits per heavy atom. The molecule has 1 atom stereocenters. The summed E-state index contributed by atoms with van der Waals surface area (Å²) in [7, 11) is 0. The lowest BCUT2D eigenvalue weighted by Crippen LogP contribution is -2.38. The lowest BCUT2D eigenvalue weighted by atomic mass is 10.1. The minimum atomic E-state index is -0.605. The number of nitrogens with one attached hydrogen (secondary N) is 2. The SMILES string of the molecule is O=C(Cc1c[nH]c2ccccc12)NC1CCN(c2c(F)cc3c(=O)c(C(=O)N4CCCC4)cn4c3c2Oc2ccccc2-4)C1. The number of likely N-dealkylation sites (tertiary alicyclic amines) is 1. The van der Waals surface area contributed by atoms with Gasteiger partial charge in [0, 0.05) is 55.5 Å². The van der Waals surface area contributed by atoms with Crippen LogP contribution in [0.15, 0.2) is 71.8 Å². The van der Waals surface area contributed by atoms with E-state index in [0.29, 0.717) is 49.6 Å². The van der Waals surface area contributed by atoms with Gasteiger partial charge in [0.1, 0.15) is 16.8 Å². The zero-order valence-electron chi connectivity index (χ0n) is 23.9. The highest BCUT2D eigenvalue weighted by atomic mass is 19.1. The van der Waals surface area contributed by atoms with Gasteiger partial charge in [-0.2, -0.15) is 0 Å². The number of rotatable bonds is 5. The molecule has 2 aromatic heterocycles. The first-order chi connectivity index (χ1) is 21.5. The standard InChI is InChI=1S/C34H30FN5O4/c35-25-16-23-30-33(31(25)39-14-11-21(18-39)37-29(41)15-20-17-36-26-8-2-1-7-22(20)26)44-28-10-4-3-9-27(28)40(30)19-24(32(23)42)34(43)38-12-5-6-13-38/h1-4,7-10,16-17,19,21,36H,5-6,11-15,18H2,(H,37,41). The van der Waals surface area contributed by atoms with Crippen molar-refractivity contribution in [2.45, 2.75) is 31.7 Å². The first-order valence-corrected chi connectivity index (χ1v) is 15.0. The Hall–Kier alpha value is -5.12. The van der Waals surface area contributed by atoms with Crippen molar-refractivity contribution >= 4 is 39.3 Å². The summed E-state index contributed by atoms with van der Waals surface area (Å²) in [5.41, 5.74) is 2.75. The third-order valence-corrected chi connectivity index (χ3v) is 9.03. The van der Waals surface area contributed by atoms with Crippen molar-refractivity contribution in [2.75, 3.05) is 31.1 Å². The monoisotopic (exact) mass is 591 g/mol. The van der Waals surface area contributed by atoms with E-state index in [1.165, 1.54) is 6.07 Å². The van der Waals surface area contributed by atoms with Gasteiger partial charge in [-0.3, -0.25) is 14.4 Å². The maximum absolute atomic E-state index is 16.1. The summed E-state index contributed by atoms with van der Waals surface area (Å²) in [6.07, 6.45) is 6.10. The second-order valence-corrected chi connectivity index (χ2v) is 11.8. The van der Waals surface area contributed by atoms with E-state index >= 15 is 4.39 Å². The summed E-state index contributed by atoms with van der Waals surface area (Å²) in [5.74, 6) is -0.303. The molecule has 10 heteroatoms. The second kappa shape index (κ2) is 10.3. The van der Waals surface area contributed by atoms with Gasteiger partial charge in [-0.25, -0.2) is 4.39 Å². The fourth-order valence-corrected chi connectivity index (χ4v) is 6.90. The van der Waals surface area contributed by atoms with Gasteiger partial charge in [0.2, 0.25) is 11.3 Å². The summed E-state index contributed by atoms with van der Waals surface area (Å²) in [6, 6.07) is 16.2. The Labute approximate surface area is 251 Å². The topological polar surface area (TPSA) is 99.7 Å². The van der Waals surface area contributed by atoms with Crippen LogP contribution in [-0.2, 0) is 11.2 Å². The molecule has 3 aliphatic heterocycles. The number of hydrogen-bond donors (Lipinski definition) is 2. The zero-order chi connectivity index (χ0) is 29.9. The average Bonchev–Trinajstić information content (AvgIpc) is 3.81. The normalized spacial score (nSPS) is 17.2. The highest BCUT2D eigenvalue weighted by Gasteiger charge is 2.34. The van der Waals surface area contributed by atoms with Gasteiger partial charge < -0.3 is 29.4 Å². The summed E-state index contributed by atoms with van der Waals surface area (Å²) >= 11 is 0. The number of ether oxygens (including phenoxy) is 1. The third kappa shape index (κ3) is 4.24. The zero-order valence-corrected chi connectivity index (χ0v) is 23.9. The minimum Gasteiger partial charge on any atom is -0.451 e. The number of anilines is 1. The van der Waals surface area contributed by atoms with E-state index in [1.807, 2.05) is 53.6 Å². The smallest absolute Gasteiger partial charge is 0.259 e. The van der Waals surface area contributed by atoms with Crippen molar-refractivity contribution in [3.63, 3.8) is 0 Å². The fraction of sp³-hybridized carbons (Fsp3) is 0.265. The number of aromatic amines is 1. The number of pyridine rings is 1. The highest BCUT2D eigenvalue weighted by Crippen LogP contribution is 2.47. The Kier molecular flexibility index (Phi) is 6.18. The number of hydrogen-bond acceptors (Lipinski definition) is 5. The first-order valence-electron chi connectivity index (χ1n) is 15.0. The molecule has 0 bridgehead atoms. The second-order valence-electron chi connectivity index (χ2n) is 11.8. The van der Waals surface area contributed by atoms with E-state index in [-0.39, 0.29) is 46.7 Å². The number of nitrogens with zero attached hydrogens (tertiary/aromatic N) is 3. The average molecular weight is 592 g/mol. The maximum Gasteiger partial charge on any atom is 0.259 e. The van der Waals surface area contributed by atoms with Gasteiger partial charge >= 0.3 is 0 Å². The number of carbonyl (C=O) groups is 2. The fourth-order valence-electron chi connectivity index (χ4n) is 6.90. The minimum absolute atomic E-state index is 0.0216. The molecular formula is C34H30FN5O4. The number of aromatic nitrogens is 2. The Morgan fingerprint density at radius 1 is 1.02 bits per heavy atom. The van der Waals surface area contributed by atoms with E-state index < -0.39 is 11.2 Å². The molecule has 222 valence electrons. The van der Waals surface area contributed by atoms with Crippen molar-refractivity contribution in [1.82, 2.24) is 19.8 Å². The van der Waals surface area contributed by atoms with Crippen LogP contribution in [0.25, 0.3) is 27.5 Å². The first kappa shape index (κ1) is 26.5. The van der Waals surface area contributed by atoms with Crippen LogP contribution in [-0.4, -0.2) is 58.5 Å². The molecule has 0 radical (unpaired) electrons. The molecule has 2 fully saturated rings. The molecule has 44 heavy (non-hydrogen) atoms. The Morgan fingerprint density at radius 2 is 1.82 bits per heavy atom. The number of fused-ring (bicyclic) bond motifs is 3. The van der Waals surface area contributed by atoms with E-state index in [9.17, 15) is 14.4 Å².